The summed E-state index contributed by atoms with van der Waals surface area (Å²) < 4.78 is 11.0. The predicted molar refractivity (Wildman–Crippen MR) is 90.8 cm³/mol. The Bertz CT molecular complexity index is 553. The first-order chi connectivity index (χ1) is 11.6. The molecule has 2 aliphatic rings. The quantitative estimate of drug-likeness (QED) is 0.830. The van der Waals surface area contributed by atoms with Gasteiger partial charge in [0.15, 0.2) is 0 Å². The molecule has 1 aromatic heterocycles. The van der Waals surface area contributed by atoms with Gasteiger partial charge in [-0.1, -0.05) is 5.16 Å². The number of piperidine rings is 2. The maximum atomic E-state index is 12.7. The van der Waals surface area contributed by atoms with E-state index in [2.05, 4.69) is 22.4 Å². The number of likely N-dealkylation sites (tertiary alicyclic amines) is 1. The van der Waals surface area contributed by atoms with E-state index in [0.717, 1.165) is 50.4 Å². The van der Waals surface area contributed by atoms with Crippen molar-refractivity contribution in [2.24, 2.45) is 5.41 Å². The van der Waals surface area contributed by atoms with Crippen LogP contribution in [0.2, 0.25) is 0 Å². The van der Waals surface area contributed by atoms with Gasteiger partial charge >= 0.3 is 5.97 Å². The molecule has 1 aromatic rings. The lowest BCUT2D eigenvalue weighted by Crippen LogP contribution is -2.48. The molecule has 6 heteroatoms. The number of rotatable bonds is 5. The summed E-state index contributed by atoms with van der Waals surface area (Å²) >= 11 is 0. The van der Waals surface area contributed by atoms with Crippen LogP contribution in [0.4, 0.5) is 0 Å². The largest absolute Gasteiger partial charge is 0.466 e. The zero-order valence-corrected chi connectivity index (χ0v) is 14.8. The zero-order chi connectivity index (χ0) is 17.0. The molecule has 0 radical (unpaired) electrons. The second-order valence-corrected chi connectivity index (χ2v) is 7.28. The summed E-state index contributed by atoms with van der Waals surface area (Å²) in [5, 5.41) is 7.69. The van der Waals surface area contributed by atoms with E-state index in [4.69, 9.17) is 9.26 Å². The molecule has 24 heavy (non-hydrogen) atoms. The van der Waals surface area contributed by atoms with Gasteiger partial charge in [-0.2, -0.15) is 0 Å². The van der Waals surface area contributed by atoms with Crippen LogP contribution >= 0.6 is 0 Å². The van der Waals surface area contributed by atoms with Crippen molar-refractivity contribution in [1.29, 1.82) is 0 Å². The maximum Gasteiger partial charge on any atom is 0.313 e. The number of nitrogens with zero attached hydrogens (tertiary/aromatic N) is 2. The van der Waals surface area contributed by atoms with Crippen LogP contribution in [0.3, 0.4) is 0 Å². The van der Waals surface area contributed by atoms with Crippen LogP contribution in [-0.2, 0) is 16.0 Å². The summed E-state index contributed by atoms with van der Waals surface area (Å²) in [5.74, 6) is 1.12. The number of aromatic nitrogens is 1. The molecule has 2 fully saturated rings. The highest BCUT2D eigenvalue weighted by Gasteiger charge is 2.44. The smallest absolute Gasteiger partial charge is 0.313 e. The van der Waals surface area contributed by atoms with Crippen LogP contribution in [0.15, 0.2) is 10.6 Å². The Hall–Kier alpha value is -1.40. The third-order valence-electron chi connectivity index (χ3n) is 5.28. The second-order valence-electron chi connectivity index (χ2n) is 7.28. The van der Waals surface area contributed by atoms with Crippen molar-refractivity contribution in [2.75, 3.05) is 39.8 Å². The highest BCUT2D eigenvalue weighted by Crippen LogP contribution is 2.35. The monoisotopic (exact) mass is 335 g/mol. The fourth-order valence-corrected chi connectivity index (χ4v) is 4.07. The average molecular weight is 335 g/mol. The molecule has 2 aliphatic heterocycles. The molecule has 0 unspecified atom stereocenters. The normalized spacial score (nSPS) is 28.7. The molecule has 6 nitrogen and oxygen atoms in total. The number of hydrogen-bond donors (Lipinski definition) is 1. The van der Waals surface area contributed by atoms with Crippen molar-refractivity contribution >= 4 is 5.97 Å². The maximum absolute atomic E-state index is 12.7. The fourth-order valence-electron chi connectivity index (χ4n) is 4.07. The zero-order valence-electron chi connectivity index (χ0n) is 14.8. The number of ether oxygens (including phenoxy) is 1. The summed E-state index contributed by atoms with van der Waals surface area (Å²) in [6, 6.07) is 2.05. The fraction of sp³-hybridized carbons (Fsp3) is 0.778. The van der Waals surface area contributed by atoms with E-state index in [-0.39, 0.29) is 5.97 Å². The minimum Gasteiger partial charge on any atom is -0.466 e. The van der Waals surface area contributed by atoms with E-state index in [9.17, 15) is 4.79 Å². The average Bonchev–Trinajstić information content (AvgIpc) is 3.04. The first-order valence-corrected chi connectivity index (χ1v) is 9.15. The van der Waals surface area contributed by atoms with Gasteiger partial charge in [0.1, 0.15) is 5.76 Å². The van der Waals surface area contributed by atoms with Gasteiger partial charge in [-0.05, 0) is 52.7 Å². The van der Waals surface area contributed by atoms with Gasteiger partial charge in [-0.15, -0.1) is 0 Å². The molecular formula is C18H29N3O3. The van der Waals surface area contributed by atoms with Gasteiger partial charge in [0, 0.05) is 31.5 Å². The van der Waals surface area contributed by atoms with Gasteiger partial charge in [0.25, 0.3) is 0 Å². The Labute approximate surface area is 143 Å². The minimum atomic E-state index is -0.509. The summed E-state index contributed by atoms with van der Waals surface area (Å²) in [7, 11) is 2.06. The van der Waals surface area contributed by atoms with Gasteiger partial charge in [0.05, 0.1) is 17.7 Å². The second kappa shape index (κ2) is 7.66. The molecule has 1 N–H and O–H groups in total. The predicted octanol–water partition coefficient (Wildman–Crippen LogP) is 1.96. The molecule has 3 rings (SSSR count). The van der Waals surface area contributed by atoms with Crippen LogP contribution in [0.1, 0.15) is 50.0 Å². The minimum absolute atomic E-state index is 0.103. The molecule has 0 saturated carbocycles. The summed E-state index contributed by atoms with van der Waals surface area (Å²) in [4.78, 5) is 14.9. The van der Waals surface area contributed by atoms with Gasteiger partial charge in [-0.25, -0.2) is 0 Å². The lowest BCUT2D eigenvalue weighted by molar-refractivity contribution is -0.159. The van der Waals surface area contributed by atoms with E-state index in [1.54, 1.807) is 0 Å². The Morgan fingerprint density at radius 3 is 3.12 bits per heavy atom. The molecule has 0 aliphatic carbocycles. The van der Waals surface area contributed by atoms with Crippen LogP contribution in [0.25, 0.3) is 0 Å². The number of hydrogen-bond acceptors (Lipinski definition) is 6. The van der Waals surface area contributed by atoms with E-state index in [1.807, 2.05) is 13.0 Å². The van der Waals surface area contributed by atoms with E-state index >= 15 is 0 Å². The molecule has 0 bridgehead atoms. The van der Waals surface area contributed by atoms with E-state index in [1.165, 1.54) is 6.42 Å². The van der Waals surface area contributed by atoms with Crippen LogP contribution in [0.5, 0.6) is 0 Å². The Morgan fingerprint density at radius 2 is 2.42 bits per heavy atom. The van der Waals surface area contributed by atoms with Gasteiger partial charge < -0.3 is 19.5 Å². The molecular weight excluding hydrogens is 306 g/mol. The third-order valence-corrected chi connectivity index (χ3v) is 5.28. The number of nitrogens with one attached hydrogen (secondary N) is 1. The Balaban J connectivity index is 1.75. The molecule has 2 atom stereocenters. The van der Waals surface area contributed by atoms with Gasteiger partial charge in [-0.3, -0.25) is 4.79 Å². The molecule has 3 heterocycles. The van der Waals surface area contributed by atoms with Gasteiger partial charge in [0.2, 0.25) is 0 Å². The van der Waals surface area contributed by atoms with Crippen molar-refractivity contribution in [3.8, 4) is 0 Å². The number of esters is 1. The number of carbonyl (C=O) groups is 1. The first kappa shape index (κ1) is 17.4. The van der Waals surface area contributed by atoms with Crippen LogP contribution in [-0.4, -0.2) is 55.9 Å². The standard InChI is InChI=1S/C18H29N3O3/c1-3-23-17(22)18(7-5-9-21(2)13-18)11-15-10-16(20-24-15)14-6-4-8-19-12-14/h10,14,19H,3-9,11-13H2,1-2H3/t14-,18-/m0/s1. The highest BCUT2D eigenvalue weighted by atomic mass is 16.5. The molecule has 134 valence electrons. The van der Waals surface area contributed by atoms with Crippen molar-refractivity contribution in [3.63, 3.8) is 0 Å². The SMILES string of the molecule is CCOC(=O)[C@]1(Cc2cc([C@H]3CCCNC3)no2)CCCN(C)C1. The Kier molecular flexibility index (Phi) is 5.56. The topological polar surface area (TPSA) is 67.6 Å². The van der Waals surface area contributed by atoms with Crippen molar-refractivity contribution < 1.29 is 14.1 Å². The Morgan fingerprint density at radius 1 is 1.54 bits per heavy atom. The molecule has 2 saturated heterocycles. The summed E-state index contributed by atoms with van der Waals surface area (Å²) in [6.45, 7) is 6.06. The van der Waals surface area contributed by atoms with Crippen molar-refractivity contribution in [3.05, 3.63) is 17.5 Å². The van der Waals surface area contributed by atoms with E-state index in [0.29, 0.717) is 25.5 Å². The lowest BCUT2D eigenvalue weighted by Gasteiger charge is -2.38. The molecule has 0 amide bonds. The summed E-state index contributed by atoms with van der Waals surface area (Å²) in [5.41, 5.74) is 0.505. The van der Waals surface area contributed by atoms with E-state index < -0.39 is 5.41 Å². The van der Waals surface area contributed by atoms with Crippen molar-refractivity contribution in [1.82, 2.24) is 15.4 Å². The molecule has 0 spiro atoms. The van der Waals surface area contributed by atoms with Crippen LogP contribution < -0.4 is 5.32 Å². The van der Waals surface area contributed by atoms with Crippen LogP contribution in [0, 0.1) is 5.41 Å². The van der Waals surface area contributed by atoms with Crippen molar-refractivity contribution in [2.45, 2.75) is 44.9 Å². The summed E-state index contributed by atoms with van der Waals surface area (Å²) in [6.07, 6.45) is 4.73. The first-order valence-electron chi connectivity index (χ1n) is 9.15. The molecule has 0 aromatic carbocycles. The lowest BCUT2D eigenvalue weighted by atomic mass is 9.76. The third kappa shape index (κ3) is 3.81. The highest BCUT2D eigenvalue weighted by molar-refractivity contribution is 5.77. The number of carbonyl (C=O) groups excluding carboxylic acids is 1.